The van der Waals surface area contributed by atoms with E-state index in [-0.39, 0.29) is 5.91 Å². The second-order valence-corrected chi connectivity index (χ2v) is 6.26. The number of hydrogen-bond acceptors (Lipinski definition) is 3. The van der Waals surface area contributed by atoms with E-state index in [0.29, 0.717) is 23.7 Å². The lowest BCUT2D eigenvalue weighted by atomic mass is 10.1. The van der Waals surface area contributed by atoms with E-state index in [0.717, 1.165) is 17.9 Å². The summed E-state index contributed by atoms with van der Waals surface area (Å²) in [6.45, 7) is 3.38. The van der Waals surface area contributed by atoms with Crippen LogP contribution in [0, 0.1) is 17.6 Å². The molecule has 5 nitrogen and oxygen atoms in total. The second-order valence-electron chi connectivity index (χ2n) is 5.87. The zero-order valence-electron chi connectivity index (χ0n) is 12.6. The van der Waals surface area contributed by atoms with Crippen LogP contribution < -0.4 is 5.32 Å². The van der Waals surface area contributed by atoms with Gasteiger partial charge in [-0.25, -0.2) is 0 Å². The standard InChI is InChI=1S/C16H20N4OS/c1-11-3-2-4-13(9-11)15-18-19-16(22)20(15)8-7-14(21)17-10-12-5-6-12/h2-4,9,12H,5-8,10H2,1H3,(H,17,21)(H,19,22). The van der Waals surface area contributed by atoms with Gasteiger partial charge < -0.3 is 5.32 Å². The molecule has 22 heavy (non-hydrogen) atoms. The molecule has 0 spiro atoms. The minimum absolute atomic E-state index is 0.0743. The first-order chi connectivity index (χ1) is 10.6. The lowest BCUT2D eigenvalue weighted by Crippen LogP contribution is -2.26. The van der Waals surface area contributed by atoms with Crippen molar-refractivity contribution >= 4 is 18.1 Å². The number of nitrogens with one attached hydrogen (secondary N) is 2. The Morgan fingerprint density at radius 1 is 1.50 bits per heavy atom. The fourth-order valence-corrected chi connectivity index (χ4v) is 2.63. The highest BCUT2D eigenvalue weighted by Crippen LogP contribution is 2.27. The third kappa shape index (κ3) is 3.62. The lowest BCUT2D eigenvalue weighted by molar-refractivity contribution is -0.121. The molecule has 0 radical (unpaired) electrons. The Labute approximate surface area is 134 Å². The number of amides is 1. The van der Waals surface area contributed by atoms with Crippen LogP contribution in [-0.4, -0.2) is 27.2 Å². The Balaban J connectivity index is 1.69. The highest BCUT2D eigenvalue weighted by Gasteiger charge is 2.21. The smallest absolute Gasteiger partial charge is 0.221 e. The molecule has 2 aromatic rings. The van der Waals surface area contributed by atoms with E-state index in [9.17, 15) is 4.79 Å². The van der Waals surface area contributed by atoms with Crippen molar-refractivity contribution < 1.29 is 4.79 Å². The first-order valence-electron chi connectivity index (χ1n) is 7.62. The normalized spacial score (nSPS) is 14.0. The van der Waals surface area contributed by atoms with Crippen LogP contribution in [0.1, 0.15) is 24.8 Å². The van der Waals surface area contributed by atoms with Crippen molar-refractivity contribution in [2.75, 3.05) is 6.54 Å². The number of aryl methyl sites for hydroxylation is 1. The minimum Gasteiger partial charge on any atom is -0.356 e. The number of H-pyrrole nitrogens is 1. The van der Waals surface area contributed by atoms with Crippen LogP contribution in [0.3, 0.4) is 0 Å². The number of aromatic amines is 1. The number of benzene rings is 1. The molecule has 1 aliphatic carbocycles. The molecule has 6 heteroatoms. The summed E-state index contributed by atoms with van der Waals surface area (Å²) in [6, 6.07) is 8.10. The molecule has 3 rings (SSSR count). The summed E-state index contributed by atoms with van der Waals surface area (Å²) >= 11 is 5.29. The van der Waals surface area contributed by atoms with Crippen LogP contribution in [0.15, 0.2) is 24.3 Å². The monoisotopic (exact) mass is 316 g/mol. The minimum atomic E-state index is 0.0743. The molecule has 1 aliphatic rings. The summed E-state index contributed by atoms with van der Waals surface area (Å²) < 4.78 is 2.44. The van der Waals surface area contributed by atoms with Crippen LogP contribution in [0.25, 0.3) is 11.4 Å². The Bertz CT molecular complexity index is 730. The van der Waals surface area contributed by atoms with Crippen molar-refractivity contribution in [3.63, 3.8) is 0 Å². The predicted octanol–water partition coefficient (Wildman–Crippen LogP) is 2.83. The Hall–Kier alpha value is -1.95. The fraction of sp³-hybridized carbons (Fsp3) is 0.438. The van der Waals surface area contributed by atoms with Crippen molar-refractivity contribution in [1.82, 2.24) is 20.1 Å². The number of nitrogens with zero attached hydrogens (tertiary/aromatic N) is 2. The molecule has 1 aromatic carbocycles. The molecule has 0 atom stereocenters. The molecule has 1 saturated carbocycles. The van der Waals surface area contributed by atoms with E-state index in [1.54, 1.807) is 0 Å². The zero-order chi connectivity index (χ0) is 15.5. The third-order valence-corrected chi connectivity index (χ3v) is 4.19. The number of aromatic nitrogens is 3. The molecule has 0 saturated heterocycles. The van der Waals surface area contributed by atoms with Crippen molar-refractivity contribution in [3.8, 4) is 11.4 Å². The summed E-state index contributed by atoms with van der Waals surface area (Å²) in [4.78, 5) is 11.9. The Morgan fingerprint density at radius 3 is 3.05 bits per heavy atom. The van der Waals surface area contributed by atoms with Gasteiger partial charge in [0.1, 0.15) is 0 Å². The fourth-order valence-electron chi connectivity index (χ4n) is 2.41. The van der Waals surface area contributed by atoms with E-state index in [4.69, 9.17) is 12.2 Å². The van der Waals surface area contributed by atoms with Crippen molar-refractivity contribution in [1.29, 1.82) is 0 Å². The van der Waals surface area contributed by atoms with Gasteiger partial charge in [-0.05, 0) is 44.0 Å². The van der Waals surface area contributed by atoms with E-state index in [1.165, 1.54) is 18.4 Å². The summed E-state index contributed by atoms with van der Waals surface area (Å²) in [6.07, 6.45) is 2.90. The highest BCUT2D eigenvalue weighted by atomic mass is 32.1. The van der Waals surface area contributed by atoms with Crippen molar-refractivity contribution in [3.05, 3.63) is 34.6 Å². The maximum Gasteiger partial charge on any atom is 0.221 e. The molecule has 0 bridgehead atoms. The average molecular weight is 316 g/mol. The van der Waals surface area contributed by atoms with Crippen LogP contribution in [-0.2, 0) is 11.3 Å². The summed E-state index contributed by atoms with van der Waals surface area (Å²) in [5, 5.41) is 10.1. The van der Waals surface area contributed by atoms with Crippen LogP contribution >= 0.6 is 12.2 Å². The van der Waals surface area contributed by atoms with Crippen molar-refractivity contribution in [2.45, 2.75) is 32.7 Å². The van der Waals surface area contributed by atoms with Gasteiger partial charge in [0, 0.05) is 25.1 Å². The van der Waals surface area contributed by atoms with Gasteiger partial charge in [-0.2, -0.15) is 5.10 Å². The summed E-state index contributed by atoms with van der Waals surface area (Å²) in [5.74, 6) is 1.55. The number of rotatable bonds is 6. The van der Waals surface area contributed by atoms with E-state index >= 15 is 0 Å². The molecule has 0 unspecified atom stereocenters. The van der Waals surface area contributed by atoms with Gasteiger partial charge in [0.05, 0.1) is 0 Å². The van der Waals surface area contributed by atoms with Gasteiger partial charge in [0.15, 0.2) is 10.6 Å². The van der Waals surface area contributed by atoms with Gasteiger partial charge in [-0.15, -0.1) is 0 Å². The molecule has 1 heterocycles. The number of hydrogen-bond donors (Lipinski definition) is 2. The first-order valence-corrected chi connectivity index (χ1v) is 8.03. The predicted molar refractivity (Wildman–Crippen MR) is 87.9 cm³/mol. The molecule has 116 valence electrons. The number of carbonyl (C=O) groups is 1. The molecular weight excluding hydrogens is 296 g/mol. The summed E-state index contributed by atoms with van der Waals surface area (Å²) in [7, 11) is 0. The Morgan fingerprint density at radius 2 is 2.32 bits per heavy atom. The zero-order valence-corrected chi connectivity index (χ0v) is 13.4. The van der Waals surface area contributed by atoms with Gasteiger partial charge in [0.2, 0.25) is 5.91 Å². The Kier molecular flexibility index (Phi) is 4.38. The summed E-state index contributed by atoms with van der Waals surface area (Å²) in [5.41, 5.74) is 2.17. The van der Waals surface area contributed by atoms with Gasteiger partial charge in [-0.1, -0.05) is 23.8 Å². The van der Waals surface area contributed by atoms with Gasteiger partial charge in [-0.3, -0.25) is 14.5 Å². The first kappa shape index (κ1) is 15.0. The second kappa shape index (κ2) is 6.44. The quantitative estimate of drug-likeness (QED) is 0.806. The molecule has 2 N–H and O–H groups in total. The largest absolute Gasteiger partial charge is 0.356 e. The van der Waals surface area contributed by atoms with E-state index in [2.05, 4.69) is 21.6 Å². The molecule has 0 aliphatic heterocycles. The highest BCUT2D eigenvalue weighted by molar-refractivity contribution is 7.71. The van der Waals surface area contributed by atoms with E-state index < -0.39 is 0 Å². The maximum absolute atomic E-state index is 11.9. The third-order valence-electron chi connectivity index (χ3n) is 3.88. The van der Waals surface area contributed by atoms with Crippen molar-refractivity contribution in [2.24, 2.45) is 5.92 Å². The maximum atomic E-state index is 11.9. The van der Waals surface area contributed by atoms with Crippen LogP contribution in [0.2, 0.25) is 0 Å². The van der Waals surface area contributed by atoms with E-state index in [1.807, 2.05) is 29.7 Å². The lowest BCUT2D eigenvalue weighted by Gasteiger charge is -2.08. The average Bonchev–Trinajstić information content (AvgIpc) is 3.26. The van der Waals surface area contributed by atoms with Crippen LogP contribution in [0.5, 0.6) is 0 Å². The number of carbonyl (C=O) groups excluding carboxylic acids is 1. The van der Waals surface area contributed by atoms with Gasteiger partial charge in [0.25, 0.3) is 0 Å². The van der Waals surface area contributed by atoms with Crippen LogP contribution in [0.4, 0.5) is 0 Å². The molecule has 1 amide bonds. The SMILES string of the molecule is Cc1cccc(-c2n[nH]c(=S)n2CCC(=O)NCC2CC2)c1. The molecular formula is C16H20N4OS. The van der Waals surface area contributed by atoms with Gasteiger partial charge >= 0.3 is 0 Å². The molecule has 1 fully saturated rings. The molecule has 1 aromatic heterocycles. The topological polar surface area (TPSA) is 62.7 Å².